The smallest absolute Gasteiger partial charge is 0.257 e. The Morgan fingerprint density at radius 3 is 2.54 bits per heavy atom. The van der Waals surface area contributed by atoms with E-state index in [0.717, 1.165) is 0 Å². The van der Waals surface area contributed by atoms with E-state index in [1.54, 1.807) is 43.3 Å². The number of methoxy groups -OCH3 is 2. The largest absolute Gasteiger partial charge is 0.491 e. The topological polar surface area (TPSA) is 97.4 Å². The fourth-order valence-corrected chi connectivity index (χ4v) is 4.25. The van der Waals surface area contributed by atoms with Crippen molar-refractivity contribution < 1.29 is 33.0 Å². The van der Waals surface area contributed by atoms with Gasteiger partial charge >= 0.3 is 0 Å². The number of carbonyl (C=O) groups is 3. The van der Waals surface area contributed by atoms with Gasteiger partial charge in [-0.25, -0.2) is 4.39 Å². The SMILES string of the molecule is COCC(=O)Nc1ccc2c(c1)C(=O)N(C)C[C@H](OC)[C@@H](C)CN(C(=O)c1ccccc1F)[C@@H](C)CO2. The Labute approximate surface area is 216 Å². The molecule has 3 amide bonds. The van der Waals surface area contributed by atoms with Crippen molar-refractivity contribution in [1.82, 2.24) is 9.80 Å². The molecule has 9 nitrogen and oxygen atoms in total. The van der Waals surface area contributed by atoms with E-state index in [1.807, 2.05) is 13.8 Å². The molecule has 10 heteroatoms. The molecule has 0 aromatic heterocycles. The molecule has 0 unspecified atom stereocenters. The molecule has 2 aromatic carbocycles. The van der Waals surface area contributed by atoms with Crippen molar-refractivity contribution in [3.8, 4) is 5.75 Å². The molecule has 0 fully saturated rings. The Hall–Kier alpha value is -3.50. The molecule has 37 heavy (non-hydrogen) atoms. The third-order valence-corrected chi connectivity index (χ3v) is 6.37. The first-order chi connectivity index (χ1) is 17.7. The van der Waals surface area contributed by atoms with Crippen molar-refractivity contribution >= 4 is 23.4 Å². The number of ether oxygens (including phenoxy) is 3. The van der Waals surface area contributed by atoms with Crippen molar-refractivity contribution in [2.45, 2.75) is 26.0 Å². The summed E-state index contributed by atoms with van der Waals surface area (Å²) < 4.78 is 31.1. The van der Waals surface area contributed by atoms with Crippen LogP contribution in [-0.2, 0) is 14.3 Å². The van der Waals surface area contributed by atoms with Gasteiger partial charge < -0.3 is 29.3 Å². The van der Waals surface area contributed by atoms with Crippen molar-refractivity contribution in [3.63, 3.8) is 0 Å². The predicted molar refractivity (Wildman–Crippen MR) is 136 cm³/mol. The van der Waals surface area contributed by atoms with Gasteiger partial charge in [-0.2, -0.15) is 0 Å². The summed E-state index contributed by atoms with van der Waals surface area (Å²) in [4.78, 5) is 41.9. The number of benzene rings is 2. The monoisotopic (exact) mass is 515 g/mol. The van der Waals surface area contributed by atoms with Gasteiger partial charge in [-0.05, 0) is 37.3 Å². The highest BCUT2D eigenvalue weighted by Gasteiger charge is 2.31. The van der Waals surface area contributed by atoms with Crippen LogP contribution in [0.15, 0.2) is 42.5 Å². The van der Waals surface area contributed by atoms with Crippen molar-refractivity contribution in [2.75, 3.05) is 52.9 Å². The first kappa shape index (κ1) is 28.1. The normalized spacial score (nSPS) is 20.8. The zero-order valence-corrected chi connectivity index (χ0v) is 21.8. The summed E-state index contributed by atoms with van der Waals surface area (Å²) in [5.41, 5.74) is 0.644. The average Bonchev–Trinajstić information content (AvgIpc) is 2.88. The van der Waals surface area contributed by atoms with Gasteiger partial charge in [-0.15, -0.1) is 0 Å². The van der Waals surface area contributed by atoms with Crippen LogP contribution in [0.25, 0.3) is 0 Å². The third kappa shape index (κ3) is 6.84. The minimum Gasteiger partial charge on any atom is -0.491 e. The molecule has 0 spiro atoms. The van der Waals surface area contributed by atoms with E-state index in [0.29, 0.717) is 11.4 Å². The van der Waals surface area contributed by atoms with Gasteiger partial charge in [0.15, 0.2) is 0 Å². The number of nitrogens with one attached hydrogen (secondary N) is 1. The summed E-state index contributed by atoms with van der Waals surface area (Å²) in [7, 11) is 4.62. The Morgan fingerprint density at radius 2 is 1.86 bits per heavy atom. The number of anilines is 1. The fraction of sp³-hybridized carbons (Fsp3) is 0.444. The highest BCUT2D eigenvalue weighted by molar-refractivity contribution is 5.99. The van der Waals surface area contributed by atoms with Crippen LogP contribution >= 0.6 is 0 Å². The highest BCUT2D eigenvalue weighted by atomic mass is 19.1. The lowest BCUT2D eigenvalue weighted by Crippen LogP contribution is -2.48. The molecule has 0 aliphatic carbocycles. The second-order valence-electron chi connectivity index (χ2n) is 9.23. The van der Waals surface area contributed by atoms with Crippen LogP contribution in [0, 0.1) is 11.7 Å². The zero-order chi connectivity index (χ0) is 27.1. The summed E-state index contributed by atoms with van der Waals surface area (Å²) in [6.45, 7) is 4.18. The van der Waals surface area contributed by atoms with Crippen LogP contribution in [0.5, 0.6) is 5.75 Å². The van der Waals surface area contributed by atoms with Gasteiger partial charge in [0.25, 0.3) is 11.8 Å². The second kappa shape index (κ2) is 12.6. The number of hydrogen-bond donors (Lipinski definition) is 1. The quantitative estimate of drug-likeness (QED) is 0.658. The number of likely N-dealkylation sites (N-methyl/N-ethyl adjacent to an activating group) is 1. The Morgan fingerprint density at radius 1 is 1.14 bits per heavy atom. The predicted octanol–water partition coefficient (Wildman–Crippen LogP) is 3.06. The molecule has 1 N–H and O–H groups in total. The minimum atomic E-state index is -0.596. The number of amides is 3. The van der Waals surface area contributed by atoms with Gasteiger partial charge in [0.1, 0.15) is 24.8 Å². The molecular weight excluding hydrogens is 481 g/mol. The van der Waals surface area contributed by atoms with Gasteiger partial charge in [0.05, 0.1) is 23.3 Å². The lowest BCUT2D eigenvalue weighted by Gasteiger charge is -2.36. The summed E-state index contributed by atoms with van der Waals surface area (Å²) in [5.74, 6) is -1.59. The Balaban J connectivity index is 1.98. The fourth-order valence-electron chi connectivity index (χ4n) is 4.25. The first-order valence-corrected chi connectivity index (χ1v) is 12.1. The van der Waals surface area contributed by atoms with Crippen LogP contribution in [-0.4, -0.2) is 87.2 Å². The first-order valence-electron chi connectivity index (χ1n) is 12.1. The van der Waals surface area contributed by atoms with Gasteiger partial charge in [-0.3, -0.25) is 14.4 Å². The third-order valence-electron chi connectivity index (χ3n) is 6.37. The Bertz CT molecular complexity index is 1130. The lowest BCUT2D eigenvalue weighted by atomic mass is 10.0. The molecule has 1 heterocycles. The van der Waals surface area contributed by atoms with Crippen LogP contribution in [0.3, 0.4) is 0 Å². The van der Waals surface area contributed by atoms with E-state index in [2.05, 4.69) is 5.32 Å². The standard InChI is InChI=1S/C27H34FN3O6/c1-17-13-31(27(34)20-8-6-7-9-22(20)28)18(2)15-37-23-11-10-19(29-25(32)16-35-4)12-21(23)26(33)30(3)14-24(17)36-5/h6-12,17-18,24H,13-16H2,1-5H3,(H,29,32)/t17-,18-,24-/m0/s1. The molecule has 1 aliphatic rings. The lowest BCUT2D eigenvalue weighted by molar-refractivity contribution is -0.119. The number of rotatable bonds is 5. The van der Waals surface area contributed by atoms with Gasteiger partial charge in [0, 0.05) is 46.0 Å². The van der Waals surface area contributed by atoms with E-state index in [4.69, 9.17) is 14.2 Å². The van der Waals surface area contributed by atoms with E-state index in [9.17, 15) is 18.8 Å². The maximum absolute atomic E-state index is 14.5. The molecule has 1 aliphatic heterocycles. The van der Waals surface area contributed by atoms with Crippen LogP contribution in [0.2, 0.25) is 0 Å². The number of nitrogens with zero attached hydrogens (tertiary/aromatic N) is 2. The van der Waals surface area contributed by atoms with Crippen LogP contribution < -0.4 is 10.1 Å². The molecule has 3 rings (SSSR count). The number of hydrogen-bond acceptors (Lipinski definition) is 6. The van der Waals surface area contributed by atoms with Crippen LogP contribution in [0.4, 0.5) is 10.1 Å². The molecule has 3 atom stereocenters. The van der Waals surface area contributed by atoms with Gasteiger partial charge in [0.2, 0.25) is 5.91 Å². The van der Waals surface area contributed by atoms with E-state index in [-0.39, 0.29) is 55.2 Å². The summed E-state index contributed by atoms with van der Waals surface area (Å²) in [5, 5.41) is 2.69. The zero-order valence-electron chi connectivity index (χ0n) is 21.8. The number of carbonyl (C=O) groups excluding carboxylic acids is 3. The second-order valence-corrected chi connectivity index (χ2v) is 9.23. The molecule has 0 bridgehead atoms. The van der Waals surface area contributed by atoms with E-state index < -0.39 is 23.9 Å². The molecule has 0 radical (unpaired) electrons. The molecular formula is C27H34FN3O6. The van der Waals surface area contributed by atoms with E-state index in [1.165, 1.54) is 30.2 Å². The molecule has 2 aromatic rings. The summed E-state index contributed by atoms with van der Waals surface area (Å²) in [6.07, 6.45) is -0.398. The molecule has 200 valence electrons. The minimum absolute atomic E-state index is 0.0215. The maximum atomic E-state index is 14.5. The summed E-state index contributed by atoms with van der Waals surface area (Å²) >= 11 is 0. The highest BCUT2D eigenvalue weighted by Crippen LogP contribution is 2.27. The van der Waals surface area contributed by atoms with E-state index >= 15 is 0 Å². The number of halogens is 1. The van der Waals surface area contributed by atoms with Crippen LogP contribution in [0.1, 0.15) is 34.6 Å². The van der Waals surface area contributed by atoms with Crippen molar-refractivity contribution in [2.24, 2.45) is 5.92 Å². The van der Waals surface area contributed by atoms with Crippen molar-refractivity contribution in [1.29, 1.82) is 0 Å². The molecule has 0 saturated heterocycles. The average molecular weight is 516 g/mol. The number of fused-ring (bicyclic) bond motifs is 1. The summed E-state index contributed by atoms with van der Waals surface area (Å²) in [6, 6.07) is 10.2. The molecule has 0 saturated carbocycles. The van der Waals surface area contributed by atoms with Gasteiger partial charge in [-0.1, -0.05) is 19.1 Å². The Kier molecular flexibility index (Phi) is 9.60. The maximum Gasteiger partial charge on any atom is 0.257 e. The van der Waals surface area contributed by atoms with Crippen molar-refractivity contribution in [3.05, 3.63) is 59.4 Å².